The van der Waals surface area contributed by atoms with E-state index in [0.29, 0.717) is 37.3 Å². The number of rotatable bonds is 4. The molecule has 1 heterocycles. The van der Waals surface area contributed by atoms with Crippen molar-refractivity contribution >= 4 is 12.1 Å². The van der Waals surface area contributed by atoms with Gasteiger partial charge in [-0.15, -0.1) is 0 Å². The molecule has 6 nitrogen and oxygen atoms in total. The van der Waals surface area contributed by atoms with Gasteiger partial charge >= 0.3 is 0 Å². The fourth-order valence-corrected chi connectivity index (χ4v) is 2.66. The van der Waals surface area contributed by atoms with Crippen LogP contribution in [0.15, 0.2) is 12.1 Å². The van der Waals surface area contributed by atoms with Gasteiger partial charge in [0.05, 0.1) is 11.0 Å². The molecule has 1 saturated heterocycles. The maximum atomic E-state index is 13.5. The number of carbonyl (C=O) groups excluding carboxylic acids is 1. The van der Waals surface area contributed by atoms with Crippen molar-refractivity contribution in [3.63, 3.8) is 0 Å². The summed E-state index contributed by atoms with van der Waals surface area (Å²) in [6.07, 6.45) is 0.834. The Kier molecular flexibility index (Phi) is 4.52. The molecule has 0 aliphatic carbocycles. The van der Waals surface area contributed by atoms with E-state index in [9.17, 15) is 19.3 Å². The number of amides is 1. The largest absolute Gasteiger partial charge is 0.340 e. The van der Waals surface area contributed by atoms with Gasteiger partial charge in [-0.3, -0.25) is 19.8 Å². The average molecular weight is 295 g/mol. The standard InChI is InChI=1S/C14H18FN3O3/c1-10-7-16(3-4-17(10)9-19)8-12-5-13(15)6-14(11(12)2)18(20)21/h5-6,9-10H,3-4,7-8H2,1-2H3. The zero-order chi connectivity index (χ0) is 15.6. The molecule has 1 amide bonds. The summed E-state index contributed by atoms with van der Waals surface area (Å²) in [6.45, 7) is 5.98. The number of nitro groups is 1. The number of halogens is 1. The summed E-state index contributed by atoms with van der Waals surface area (Å²) in [4.78, 5) is 25.0. The molecule has 1 aromatic carbocycles. The molecule has 1 atom stereocenters. The van der Waals surface area contributed by atoms with Crippen LogP contribution in [0.4, 0.5) is 10.1 Å². The zero-order valence-electron chi connectivity index (χ0n) is 12.1. The van der Waals surface area contributed by atoms with E-state index in [4.69, 9.17) is 0 Å². The van der Waals surface area contributed by atoms with Crippen LogP contribution < -0.4 is 0 Å². The number of carbonyl (C=O) groups is 1. The van der Waals surface area contributed by atoms with Gasteiger partial charge in [0.25, 0.3) is 5.69 Å². The van der Waals surface area contributed by atoms with Crippen molar-refractivity contribution in [2.24, 2.45) is 0 Å². The summed E-state index contributed by atoms with van der Waals surface area (Å²) in [5.74, 6) is -0.595. The first-order valence-electron chi connectivity index (χ1n) is 6.79. The fraction of sp³-hybridized carbons (Fsp3) is 0.500. The van der Waals surface area contributed by atoms with Gasteiger partial charge in [0, 0.05) is 37.8 Å². The molecule has 0 radical (unpaired) electrons. The number of hydrogen-bond acceptors (Lipinski definition) is 4. The quantitative estimate of drug-likeness (QED) is 0.482. The third-order valence-electron chi connectivity index (χ3n) is 3.94. The molecule has 1 fully saturated rings. The summed E-state index contributed by atoms with van der Waals surface area (Å²) in [6, 6.07) is 2.38. The lowest BCUT2D eigenvalue weighted by Gasteiger charge is -2.37. The smallest absolute Gasteiger partial charge is 0.275 e. The molecule has 2 rings (SSSR count). The van der Waals surface area contributed by atoms with Gasteiger partial charge in [-0.2, -0.15) is 0 Å². The lowest BCUT2D eigenvalue weighted by atomic mass is 10.0. The Hall–Kier alpha value is -2.02. The Morgan fingerprint density at radius 1 is 1.48 bits per heavy atom. The van der Waals surface area contributed by atoms with Crippen LogP contribution in [-0.2, 0) is 11.3 Å². The highest BCUT2D eigenvalue weighted by Crippen LogP contribution is 2.25. The molecule has 1 aromatic rings. The van der Waals surface area contributed by atoms with Gasteiger partial charge in [-0.25, -0.2) is 4.39 Å². The summed E-state index contributed by atoms with van der Waals surface area (Å²) >= 11 is 0. The molecule has 1 unspecified atom stereocenters. The van der Waals surface area contributed by atoms with Crippen LogP contribution >= 0.6 is 0 Å². The van der Waals surface area contributed by atoms with E-state index < -0.39 is 10.7 Å². The maximum Gasteiger partial charge on any atom is 0.275 e. The Morgan fingerprint density at radius 2 is 2.19 bits per heavy atom. The number of nitro benzene ring substituents is 1. The van der Waals surface area contributed by atoms with Crippen molar-refractivity contribution in [2.75, 3.05) is 19.6 Å². The van der Waals surface area contributed by atoms with Gasteiger partial charge in [0.1, 0.15) is 5.82 Å². The monoisotopic (exact) mass is 295 g/mol. The molecule has 0 N–H and O–H groups in total. The van der Waals surface area contributed by atoms with Crippen LogP contribution in [0, 0.1) is 22.9 Å². The minimum Gasteiger partial charge on any atom is -0.340 e. The molecule has 1 aliphatic rings. The van der Waals surface area contributed by atoms with Crippen molar-refractivity contribution in [1.82, 2.24) is 9.80 Å². The molecule has 21 heavy (non-hydrogen) atoms. The number of benzene rings is 1. The van der Waals surface area contributed by atoms with E-state index in [1.165, 1.54) is 6.07 Å². The second-order valence-corrected chi connectivity index (χ2v) is 5.39. The van der Waals surface area contributed by atoms with E-state index in [2.05, 4.69) is 4.90 Å². The molecule has 0 aromatic heterocycles. The van der Waals surface area contributed by atoms with E-state index in [1.807, 2.05) is 6.92 Å². The predicted molar refractivity (Wildman–Crippen MR) is 75.3 cm³/mol. The highest BCUT2D eigenvalue weighted by molar-refractivity contribution is 5.48. The number of piperazine rings is 1. The van der Waals surface area contributed by atoms with Gasteiger partial charge in [-0.1, -0.05) is 0 Å². The minimum atomic E-state index is -0.595. The average Bonchev–Trinajstić information content (AvgIpc) is 2.42. The summed E-state index contributed by atoms with van der Waals surface area (Å²) in [5.41, 5.74) is 0.921. The zero-order valence-corrected chi connectivity index (χ0v) is 12.1. The van der Waals surface area contributed by atoms with Gasteiger partial charge in [0.15, 0.2) is 0 Å². The lowest BCUT2D eigenvalue weighted by Crippen LogP contribution is -2.50. The second kappa shape index (κ2) is 6.17. The van der Waals surface area contributed by atoms with Crippen LogP contribution in [0.5, 0.6) is 0 Å². The summed E-state index contributed by atoms with van der Waals surface area (Å²) < 4.78 is 13.5. The first-order chi connectivity index (χ1) is 9.92. The first-order valence-corrected chi connectivity index (χ1v) is 6.79. The maximum absolute atomic E-state index is 13.5. The van der Waals surface area contributed by atoms with Crippen LogP contribution in [0.1, 0.15) is 18.1 Å². The molecular weight excluding hydrogens is 277 g/mol. The topological polar surface area (TPSA) is 66.7 Å². The normalized spacial score (nSPS) is 19.6. The van der Waals surface area contributed by atoms with Gasteiger partial charge < -0.3 is 4.90 Å². The van der Waals surface area contributed by atoms with E-state index in [1.54, 1.807) is 11.8 Å². The third-order valence-corrected chi connectivity index (χ3v) is 3.94. The minimum absolute atomic E-state index is 0.0834. The van der Waals surface area contributed by atoms with Crippen LogP contribution in [0.3, 0.4) is 0 Å². The summed E-state index contributed by atoms with van der Waals surface area (Å²) in [7, 11) is 0. The Morgan fingerprint density at radius 3 is 2.76 bits per heavy atom. The molecule has 7 heteroatoms. The third kappa shape index (κ3) is 3.36. The molecule has 0 saturated carbocycles. The van der Waals surface area contributed by atoms with Crippen molar-refractivity contribution in [1.29, 1.82) is 0 Å². The highest BCUT2D eigenvalue weighted by atomic mass is 19.1. The van der Waals surface area contributed by atoms with Crippen molar-refractivity contribution in [2.45, 2.75) is 26.4 Å². The Bertz CT molecular complexity index is 565. The van der Waals surface area contributed by atoms with Crippen molar-refractivity contribution in [3.8, 4) is 0 Å². The van der Waals surface area contributed by atoms with Crippen molar-refractivity contribution in [3.05, 3.63) is 39.2 Å². The van der Waals surface area contributed by atoms with Crippen LogP contribution in [0.2, 0.25) is 0 Å². The molecular formula is C14H18FN3O3. The Balaban J connectivity index is 2.17. The van der Waals surface area contributed by atoms with Crippen LogP contribution in [0.25, 0.3) is 0 Å². The molecule has 0 bridgehead atoms. The van der Waals surface area contributed by atoms with E-state index >= 15 is 0 Å². The van der Waals surface area contributed by atoms with Gasteiger partial charge in [-0.05, 0) is 25.5 Å². The first kappa shape index (κ1) is 15.4. The highest BCUT2D eigenvalue weighted by Gasteiger charge is 2.24. The molecule has 114 valence electrons. The molecule has 1 aliphatic heterocycles. The Labute approximate surface area is 122 Å². The number of hydrogen-bond donors (Lipinski definition) is 0. The van der Waals surface area contributed by atoms with Gasteiger partial charge in [0.2, 0.25) is 6.41 Å². The SMILES string of the molecule is Cc1c(CN2CCN(C=O)C(C)C2)cc(F)cc1[N+](=O)[O-]. The van der Waals surface area contributed by atoms with Crippen LogP contribution in [-0.4, -0.2) is 46.8 Å². The second-order valence-electron chi connectivity index (χ2n) is 5.39. The van der Waals surface area contributed by atoms with E-state index in [-0.39, 0.29) is 11.7 Å². The fourth-order valence-electron chi connectivity index (χ4n) is 2.66. The lowest BCUT2D eigenvalue weighted by molar-refractivity contribution is -0.385. The number of nitrogens with zero attached hydrogens (tertiary/aromatic N) is 3. The van der Waals surface area contributed by atoms with Crippen molar-refractivity contribution < 1.29 is 14.1 Å². The molecule has 0 spiro atoms. The van der Waals surface area contributed by atoms with E-state index in [0.717, 1.165) is 12.5 Å². The summed E-state index contributed by atoms with van der Waals surface area (Å²) in [5, 5.41) is 10.9. The predicted octanol–water partition coefficient (Wildman–Crippen LogP) is 1.70.